The smallest absolute Gasteiger partial charge is 0.265 e. The topological polar surface area (TPSA) is 94.2 Å². The summed E-state index contributed by atoms with van der Waals surface area (Å²) in [6.45, 7) is 1.50. The van der Waals surface area contributed by atoms with Gasteiger partial charge in [-0.2, -0.15) is 0 Å². The summed E-state index contributed by atoms with van der Waals surface area (Å²) in [5.41, 5.74) is 1.49. The number of ketones is 1. The summed E-state index contributed by atoms with van der Waals surface area (Å²) in [5.74, 6) is 0.948. The Morgan fingerprint density at radius 3 is 2.41 bits per heavy atom. The zero-order valence-electron chi connectivity index (χ0n) is 16.5. The summed E-state index contributed by atoms with van der Waals surface area (Å²) < 4.78 is 15.8. The van der Waals surface area contributed by atoms with E-state index in [1.807, 2.05) is 0 Å². The van der Waals surface area contributed by atoms with Gasteiger partial charge in [0.05, 0.1) is 19.9 Å². The largest absolute Gasteiger partial charge is 0.497 e. The molecule has 2 amide bonds. The summed E-state index contributed by atoms with van der Waals surface area (Å²) in [5, 5.41) is 2.78. The number of carbonyl (C=O) groups excluding carboxylic acids is 3. The first-order valence-electron chi connectivity index (χ1n) is 9.02. The van der Waals surface area contributed by atoms with Crippen molar-refractivity contribution in [3.8, 4) is 17.2 Å². The number of carbonyl (C=O) groups is 3. The van der Waals surface area contributed by atoms with Crippen LogP contribution in [0.4, 0.5) is 11.4 Å². The van der Waals surface area contributed by atoms with E-state index in [1.54, 1.807) is 36.4 Å². The van der Waals surface area contributed by atoms with Crippen molar-refractivity contribution in [3.05, 3.63) is 42.0 Å². The van der Waals surface area contributed by atoms with Crippen molar-refractivity contribution in [1.29, 1.82) is 0 Å². The molecule has 0 radical (unpaired) electrons. The first-order chi connectivity index (χ1) is 13.9. The van der Waals surface area contributed by atoms with Crippen molar-refractivity contribution in [3.63, 3.8) is 0 Å². The average Bonchev–Trinajstić information content (AvgIpc) is 2.72. The number of methoxy groups -OCH3 is 2. The number of rotatable bonds is 7. The van der Waals surface area contributed by atoms with Crippen LogP contribution in [0.1, 0.15) is 23.7 Å². The van der Waals surface area contributed by atoms with Crippen LogP contribution in [0.3, 0.4) is 0 Å². The maximum Gasteiger partial charge on any atom is 0.265 e. The molecule has 29 heavy (non-hydrogen) atoms. The Labute approximate surface area is 168 Å². The Kier molecular flexibility index (Phi) is 6.01. The number of amides is 2. The lowest BCUT2D eigenvalue weighted by molar-refractivity contribution is -0.121. The van der Waals surface area contributed by atoms with E-state index >= 15 is 0 Å². The molecule has 1 aliphatic rings. The number of nitrogens with zero attached hydrogens (tertiary/aromatic N) is 1. The Morgan fingerprint density at radius 1 is 1.10 bits per heavy atom. The molecule has 0 fully saturated rings. The number of hydrogen-bond donors (Lipinski definition) is 1. The number of Topliss-reactive ketones (excluding diaryl/α,β-unsaturated/α-hetero) is 1. The summed E-state index contributed by atoms with van der Waals surface area (Å²) >= 11 is 0. The van der Waals surface area contributed by atoms with Crippen LogP contribution in [0.5, 0.6) is 17.2 Å². The molecule has 3 rings (SSSR count). The number of anilines is 2. The van der Waals surface area contributed by atoms with Gasteiger partial charge in [0, 0.05) is 42.4 Å². The normalized spacial score (nSPS) is 12.7. The third kappa shape index (κ3) is 4.66. The molecule has 0 bridgehead atoms. The molecule has 1 aliphatic heterocycles. The highest BCUT2D eigenvalue weighted by Gasteiger charge is 2.26. The lowest BCUT2D eigenvalue weighted by Gasteiger charge is -2.29. The zero-order chi connectivity index (χ0) is 21.0. The summed E-state index contributed by atoms with van der Waals surface area (Å²) in [6, 6.07) is 9.97. The molecule has 1 heterocycles. The molecule has 8 heteroatoms. The van der Waals surface area contributed by atoms with Crippen LogP contribution in [-0.4, -0.2) is 45.0 Å². The van der Waals surface area contributed by atoms with Crippen LogP contribution in [0, 0.1) is 0 Å². The van der Waals surface area contributed by atoms with Crippen LogP contribution in [0.25, 0.3) is 0 Å². The standard InChI is InChI=1S/C21H22N2O6/c1-13(24)14-4-5-19-18(8-14)23(21(26)12-29-19)7-6-20(25)22-15-9-16(27-2)11-17(10-15)28-3/h4-5,8-11H,6-7,12H2,1-3H3,(H,22,25). The summed E-state index contributed by atoms with van der Waals surface area (Å²) in [7, 11) is 3.05. The van der Waals surface area contributed by atoms with E-state index in [0.717, 1.165) is 0 Å². The van der Waals surface area contributed by atoms with E-state index in [0.29, 0.717) is 34.2 Å². The predicted molar refractivity (Wildman–Crippen MR) is 107 cm³/mol. The summed E-state index contributed by atoms with van der Waals surface area (Å²) in [4.78, 5) is 37.9. The molecule has 0 saturated carbocycles. The third-order valence-electron chi connectivity index (χ3n) is 4.51. The highest BCUT2D eigenvalue weighted by molar-refractivity contribution is 6.02. The van der Waals surface area contributed by atoms with Crippen LogP contribution >= 0.6 is 0 Å². The Balaban J connectivity index is 1.71. The zero-order valence-corrected chi connectivity index (χ0v) is 16.5. The van der Waals surface area contributed by atoms with Gasteiger partial charge in [0.2, 0.25) is 5.91 Å². The van der Waals surface area contributed by atoms with Crippen LogP contribution in [0.2, 0.25) is 0 Å². The van der Waals surface area contributed by atoms with Gasteiger partial charge in [-0.05, 0) is 25.1 Å². The van der Waals surface area contributed by atoms with Crippen molar-refractivity contribution >= 4 is 29.0 Å². The monoisotopic (exact) mass is 398 g/mol. The van der Waals surface area contributed by atoms with E-state index in [1.165, 1.54) is 26.0 Å². The molecule has 152 valence electrons. The minimum atomic E-state index is -0.274. The SMILES string of the molecule is COc1cc(NC(=O)CCN2C(=O)COc3ccc(C(C)=O)cc32)cc(OC)c1. The summed E-state index contributed by atoms with van der Waals surface area (Å²) in [6.07, 6.45) is 0.0645. The van der Waals surface area contributed by atoms with Crippen molar-refractivity contribution < 1.29 is 28.6 Å². The van der Waals surface area contributed by atoms with Gasteiger partial charge < -0.3 is 24.4 Å². The molecule has 2 aromatic carbocycles. The number of hydrogen-bond acceptors (Lipinski definition) is 6. The fourth-order valence-electron chi connectivity index (χ4n) is 2.98. The quantitative estimate of drug-likeness (QED) is 0.721. The van der Waals surface area contributed by atoms with E-state index in [9.17, 15) is 14.4 Å². The molecule has 0 aromatic heterocycles. The van der Waals surface area contributed by atoms with Crippen LogP contribution < -0.4 is 24.4 Å². The van der Waals surface area contributed by atoms with Crippen molar-refractivity contribution in [2.75, 3.05) is 37.6 Å². The molecule has 8 nitrogen and oxygen atoms in total. The van der Waals surface area contributed by atoms with Crippen LogP contribution in [0.15, 0.2) is 36.4 Å². The molecule has 0 atom stereocenters. The van der Waals surface area contributed by atoms with Gasteiger partial charge in [-0.1, -0.05) is 0 Å². The van der Waals surface area contributed by atoms with Gasteiger partial charge >= 0.3 is 0 Å². The second-order valence-corrected chi connectivity index (χ2v) is 6.47. The molecule has 0 spiro atoms. The molecular weight excluding hydrogens is 376 g/mol. The molecular formula is C21H22N2O6. The number of nitrogens with one attached hydrogen (secondary N) is 1. The van der Waals surface area contributed by atoms with Gasteiger partial charge in [0.1, 0.15) is 17.2 Å². The third-order valence-corrected chi connectivity index (χ3v) is 4.51. The van der Waals surface area contributed by atoms with Gasteiger partial charge in [0.25, 0.3) is 5.91 Å². The Bertz CT molecular complexity index is 934. The molecule has 1 N–H and O–H groups in total. The lowest BCUT2D eigenvalue weighted by atomic mass is 10.1. The van der Waals surface area contributed by atoms with E-state index in [2.05, 4.69) is 5.32 Å². The average molecular weight is 398 g/mol. The number of fused-ring (bicyclic) bond motifs is 1. The van der Waals surface area contributed by atoms with Crippen molar-refractivity contribution in [1.82, 2.24) is 0 Å². The maximum atomic E-state index is 12.4. The highest BCUT2D eigenvalue weighted by Crippen LogP contribution is 2.33. The Hall–Kier alpha value is -3.55. The predicted octanol–water partition coefficient (Wildman–Crippen LogP) is 2.66. The van der Waals surface area contributed by atoms with Crippen LogP contribution in [-0.2, 0) is 9.59 Å². The van der Waals surface area contributed by atoms with Gasteiger partial charge in [-0.15, -0.1) is 0 Å². The second-order valence-electron chi connectivity index (χ2n) is 6.47. The minimum absolute atomic E-state index is 0.0645. The molecule has 2 aromatic rings. The fraction of sp³-hybridized carbons (Fsp3) is 0.286. The molecule has 0 unspecified atom stereocenters. The van der Waals surface area contributed by atoms with Gasteiger partial charge in [-0.25, -0.2) is 0 Å². The van der Waals surface area contributed by atoms with E-state index in [4.69, 9.17) is 14.2 Å². The first-order valence-corrected chi connectivity index (χ1v) is 9.02. The van der Waals surface area contributed by atoms with Crippen molar-refractivity contribution in [2.24, 2.45) is 0 Å². The lowest BCUT2D eigenvalue weighted by Crippen LogP contribution is -2.40. The second kappa shape index (κ2) is 8.64. The van der Waals surface area contributed by atoms with Gasteiger partial charge in [0.15, 0.2) is 12.4 Å². The van der Waals surface area contributed by atoms with Crippen molar-refractivity contribution in [2.45, 2.75) is 13.3 Å². The highest BCUT2D eigenvalue weighted by atomic mass is 16.5. The van der Waals surface area contributed by atoms with E-state index < -0.39 is 0 Å². The minimum Gasteiger partial charge on any atom is -0.497 e. The number of benzene rings is 2. The first kappa shape index (κ1) is 20.2. The molecule has 0 saturated heterocycles. The molecule has 0 aliphatic carbocycles. The maximum absolute atomic E-state index is 12.4. The Morgan fingerprint density at radius 2 is 1.79 bits per heavy atom. The van der Waals surface area contributed by atoms with Gasteiger partial charge in [-0.3, -0.25) is 14.4 Å². The fourth-order valence-corrected chi connectivity index (χ4v) is 2.98. The number of ether oxygens (including phenoxy) is 3. The van der Waals surface area contributed by atoms with E-state index in [-0.39, 0.29) is 37.2 Å².